The van der Waals surface area contributed by atoms with E-state index < -0.39 is 11.7 Å². The second-order valence-electron chi connectivity index (χ2n) is 10.4. The first-order valence-corrected chi connectivity index (χ1v) is 14.0. The number of rotatable bonds is 9. The molecule has 9 nitrogen and oxygen atoms in total. The first-order chi connectivity index (χ1) is 19.9. The number of hydrogen-bond acceptors (Lipinski definition) is 8. The van der Waals surface area contributed by atoms with Gasteiger partial charge in [-0.15, -0.1) is 0 Å². The molecule has 4 aromatic rings. The highest BCUT2D eigenvalue weighted by molar-refractivity contribution is 5.91. The van der Waals surface area contributed by atoms with Gasteiger partial charge in [-0.1, -0.05) is 67.6 Å². The van der Waals surface area contributed by atoms with Gasteiger partial charge in [-0.05, 0) is 23.6 Å². The number of ether oxygens (including phenoxy) is 3. The van der Waals surface area contributed by atoms with Crippen molar-refractivity contribution in [2.24, 2.45) is 0 Å². The third kappa shape index (κ3) is 6.29. The number of alkyl carbamates (subject to hydrolysis) is 1. The number of nitrogen functional groups attached to an aromatic ring is 1. The van der Waals surface area contributed by atoms with Crippen LogP contribution in [0.3, 0.4) is 0 Å². The van der Waals surface area contributed by atoms with Crippen LogP contribution in [-0.2, 0) is 11.2 Å². The normalized spacial score (nSPS) is 15.2. The molecule has 1 aromatic heterocycles. The Morgan fingerprint density at radius 1 is 0.976 bits per heavy atom. The molecule has 3 aromatic carbocycles. The molecule has 0 saturated carbocycles. The van der Waals surface area contributed by atoms with Crippen molar-refractivity contribution >= 4 is 28.8 Å². The molecule has 5 rings (SSSR count). The van der Waals surface area contributed by atoms with Crippen LogP contribution < -0.4 is 25.4 Å². The second-order valence-corrected chi connectivity index (χ2v) is 10.4. The Morgan fingerprint density at radius 2 is 1.61 bits per heavy atom. The van der Waals surface area contributed by atoms with Crippen LogP contribution in [-0.4, -0.2) is 49.0 Å². The second kappa shape index (κ2) is 12.3. The van der Waals surface area contributed by atoms with Crippen LogP contribution in [0.5, 0.6) is 11.5 Å². The lowest BCUT2D eigenvalue weighted by Crippen LogP contribution is -2.50. The Balaban J connectivity index is 1.36. The zero-order chi connectivity index (χ0) is 28.8. The number of methoxy groups -OCH3 is 2. The molecule has 1 aliphatic heterocycles. The number of nitrogens with zero attached hydrogens (tertiary/aromatic N) is 3. The minimum Gasteiger partial charge on any atom is -0.493 e. The van der Waals surface area contributed by atoms with Crippen molar-refractivity contribution in [1.29, 1.82) is 0 Å². The Hall–Kier alpha value is -4.53. The molecule has 2 heterocycles. The van der Waals surface area contributed by atoms with Crippen LogP contribution in [0.4, 0.5) is 16.6 Å². The topological polar surface area (TPSA) is 112 Å². The average molecular weight is 556 g/mol. The number of anilines is 2. The Bertz CT molecular complexity index is 1470. The molecular formula is C32H37N5O4. The van der Waals surface area contributed by atoms with E-state index in [9.17, 15) is 4.79 Å². The molecule has 0 aliphatic carbocycles. The number of piperidine rings is 1. The fourth-order valence-corrected chi connectivity index (χ4v) is 5.48. The van der Waals surface area contributed by atoms with E-state index in [4.69, 9.17) is 24.9 Å². The number of benzene rings is 3. The molecule has 1 fully saturated rings. The van der Waals surface area contributed by atoms with Crippen LogP contribution in [0.15, 0.2) is 72.8 Å². The summed E-state index contributed by atoms with van der Waals surface area (Å²) in [7, 11) is 3.17. The predicted molar refractivity (Wildman–Crippen MR) is 160 cm³/mol. The lowest BCUT2D eigenvalue weighted by Gasteiger charge is -2.41. The fourth-order valence-electron chi connectivity index (χ4n) is 5.48. The van der Waals surface area contributed by atoms with E-state index in [2.05, 4.69) is 34.3 Å². The third-order valence-electron chi connectivity index (χ3n) is 7.76. The zero-order valence-corrected chi connectivity index (χ0v) is 23.8. The Labute approximate surface area is 240 Å². The summed E-state index contributed by atoms with van der Waals surface area (Å²) in [5, 5.41) is 3.79. The van der Waals surface area contributed by atoms with Crippen molar-refractivity contribution in [1.82, 2.24) is 15.3 Å². The summed E-state index contributed by atoms with van der Waals surface area (Å²) in [4.78, 5) is 24.8. The minimum absolute atomic E-state index is 0.123. The quantitative estimate of drug-likeness (QED) is 0.271. The van der Waals surface area contributed by atoms with Crippen LogP contribution >= 0.6 is 0 Å². The molecule has 1 saturated heterocycles. The maximum absolute atomic E-state index is 13.3. The minimum atomic E-state index is -0.671. The van der Waals surface area contributed by atoms with E-state index in [1.54, 1.807) is 20.3 Å². The highest BCUT2D eigenvalue weighted by Crippen LogP contribution is 2.36. The highest BCUT2D eigenvalue weighted by Gasteiger charge is 2.39. The molecular weight excluding hydrogens is 518 g/mol. The molecule has 214 valence electrons. The maximum atomic E-state index is 13.3. The van der Waals surface area contributed by atoms with E-state index >= 15 is 0 Å². The average Bonchev–Trinajstić information content (AvgIpc) is 3.00. The van der Waals surface area contributed by atoms with Gasteiger partial charge < -0.3 is 30.2 Å². The summed E-state index contributed by atoms with van der Waals surface area (Å²) in [5.41, 5.74) is 8.54. The van der Waals surface area contributed by atoms with Crippen molar-refractivity contribution in [3.8, 4) is 11.5 Å². The van der Waals surface area contributed by atoms with Gasteiger partial charge in [0.05, 0.1) is 25.8 Å². The number of hydrogen-bond donors (Lipinski definition) is 2. The number of nitrogens with one attached hydrogen (secondary N) is 1. The van der Waals surface area contributed by atoms with Crippen molar-refractivity contribution in [3.63, 3.8) is 0 Å². The van der Waals surface area contributed by atoms with Gasteiger partial charge >= 0.3 is 6.09 Å². The molecule has 1 aliphatic rings. The van der Waals surface area contributed by atoms with Gasteiger partial charge in [0.15, 0.2) is 11.5 Å². The molecule has 0 bridgehead atoms. The van der Waals surface area contributed by atoms with Crippen molar-refractivity contribution < 1.29 is 19.0 Å². The van der Waals surface area contributed by atoms with Crippen LogP contribution in [0.1, 0.15) is 43.4 Å². The summed E-state index contributed by atoms with van der Waals surface area (Å²) >= 11 is 0. The lowest BCUT2D eigenvalue weighted by molar-refractivity contribution is -0.00874. The highest BCUT2D eigenvalue weighted by atomic mass is 16.6. The first-order valence-electron chi connectivity index (χ1n) is 14.0. The SMILES string of the molecule is CC[C@@H](NC(=O)OC1(Cc2ccccc2)CCN(c2nc(N)c3cc(OC)c(OC)cc3n2)CC1)c1ccccc1. The van der Waals surface area contributed by atoms with E-state index in [-0.39, 0.29) is 6.04 Å². The first kappa shape index (κ1) is 28.0. The van der Waals surface area contributed by atoms with E-state index in [1.807, 2.05) is 54.6 Å². The molecule has 1 atom stereocenters. The lowest BCUT2D eigenvalue weighted by atomic mass is 9.85. The van der Waals surface area contributed by atoms with Gasteiger partial charge in [0, 0.05) is 43.8 Å². The molecule has 0 unspecified atom stereocenters. The van der Waals surface area contributed by atoms with Gasteiger partial charge in [0.1, 0.15) is 11.4 Å². The van der Waals surface area contributed by atoms with Crippen molar-refractivity contribution in [3.05, 3.63) is 83.9 Å². The molecule has 41 heavy (non-hydrogen) atoms. The number of carbonyl (C=O) groups is 1. The molecule has 1 amide bonds. The molecule has 0 spiro atoms. The maximum Gasteiger partial charge on any atom is 0.408 e. The smallest absolute Gasteiger partial charge is 0.408 e. The van der Waals surface area contributed by atoms with Crippen molar-refractivity contribution in [2.45, 2.75) is 44.2 Å². The number of amides is 1. The zero-order valence-electron chi connectivity index (χ0n) is 23.8. The van der Waals surface area contributed by atoms with E-state index in [1.165, 1.54) is 0 Å². The van der Waals surface area contributed by atoms with Gasteiger partial charge in [-0.2, -0.15) is 4.98 Å². The van der Waals surface area contributed by atoms with Crippen LogP contribution in [0.25, 0.3) is 10.9 Å². The number of aromatic nitrogens is 2. The number of carbonyl (C=O) groups excluding carboxylic acids is 1. The number of fused-ring (bicyclic) bond motifs is 1. The number of nitrogens with two attached hydrogens (primary N) is 1. The fraction of sp³-hybridized carbons (Fsp3) is 0.344. The summed E-state index contributed by atoms with van der Waals surface area (Å²) in [6.45, 7) is 3.26. The van der Waals surface area contributed by atoms with Crippen molar-refractivity contribution in [2.75, 3.05) is 37.9 Å². The van der Waals surface area contributed by atoms with Gasteiger partial charge in [0.25, 0.3) is 0 Å². The summed E-state index contributed by atoms with van der Waals surface area (Å²) in [5.74, 6) is 2.05. The third-order valence-corrected chi connectivity index (χ3v) is 7.76. The van der Waals surface area contributed by atoms with Crippen LogP contribution in [0.2, 0.25) is 0 Å². The standard InChI is InChI=1S/C32H37N5O4/c1-4-25(23-13-9-6-10-14-23)35-31(38)41-32(21-22-11-7-5-8-12-22)15-17-37(18-16-32)30-34-26-20-28(40-3)27(39-2)19-24(26)29(33)36-30/h5-14,19-20,25H,4,15-18,21H2,1-3H3,(H,35,38)(H2,33,34,36)/t25-/m1/s1. The molecule has 0 radical (unpaired) electrons. The molecule has 3 N–H and O–H groups in total. The van der Waals surface area contributed by atoms with Gasteiger partial charge in [0.2, 0.25) is 5.95 Å². The van der Waals surface area contributed by atoms with Gasteiger partial charge in [-0.3, -0.25) is 0 Å². The largest absolute Gasteiger partial charge is 0.493 e. The summed E-state index contributed by atoms with van der Waals surface area (Å²) < 4.78 is 17.2. The van der Waals surface area contributed by atoms with E-state index in [0.717, 1.165) is 17.5 Å². The Morgan fingerprint density at radius 3 is 2.24 bits per heavy atom. The Kier molecular flexibility index (Phi) is 8.42. The monoisotopic (exact) mass is 555 g/mol. The summed E-state index contributed by atoms with van der Waals surface area (Å²) in [6.07, 6.45) is 2.21. The molecule has 9 heteroatoms. The van der Waals surface area contributed by atoms with Crippen LogP contribution in [0, 0.1) is 0 Å². The van der Waals surface area contributed by atoms with E-state index in [0.29, 0.717) is 66.5 Å². The summed E-state index contributed by atoms with van der Waals surface area (Å²) in [6, 6.07) is 23.6. The predicted octanol–water partition coefficient (Wildman–Crippen LogP) is 5.69. The van der Waals surface area contributed by atoms with Gasteiger partial charge in [-0.25, -0.2) is 9.78 Å².